The van der Waals surface area contributed by atoms with Crippen molar-refractivity contribution < 1.29 is 0 Å². The Kier molecular flexibility index (Phi) is 4.57. The zero-order valence-corrected chi connectivity index (χ0v) is 13.0. The maximum absolute atomic E-state index is 6.14. The van der Waals surface area contributed by atoms with Crippen molar-refractivity contribution in [1.82, 2.24) is 4.98 Å². The predicted octanol–water partition coefficient (Wildman–Crippen LogP) is 3.60. The molecule has 2 aromatic rings. The van der Waals surface area contributed by atoms with Gasteiger partial charge in [0.05, 0.1) is 5.56 Å². The molecule has 0 bridgehead atoms. The van der Waals surface area contributed by atoms with Crippen LogP contribution in [0, 0.1) is 13.8 Å². The molecule has 0 fully saturated rings. The molecule has 0 aliphatic heterocycles. The van der Waals surface area contributed by atoms with Crippen molar-refractivity contribution in [2.45, 2.75) is 20.4 Å². The summed E-state index contributed by atoms with van der Waals surface area (Å²) in [5, 5.41) is 3.99. The van der Waals surface area contributed by atoms with Crippen LogP contribution in [-0.4, -0.2) is 9.97 Å². The second-order valence-corrected chi connectivity index (χ2v) is 5.46. The third-order valence-electron chi connectivity index (χ3n) is 3.00. The summed E-state index contributed by atoms with van der Waals surface area (Å²) in [6.07, 6.45) is 0. The largest absolute Gasteiger partial charge is 0.389 e. The Balaban J connectivity index is 2.30. The molecule has 0 radical (unpaired) electrons. The van der Waals surface area contributed by atoms with Gasteiger partial charge in [-0.3, -0.25) is 0 Å². The highest BCUT2D eigenvalue weighted by molar-refractivity contribution is 7.80. The van der Waals surface area contributed by atoms with Crippen molar-refractivity contribution in [3.63, 3.8) is 0 Å². The fourth-order valence-corrected chi connectivity index (χ4v) is 2.56. The Hall–Kier alpha value is -1.65. The van der Waals surface area contributed by atoms with Gasteiger partial charge in [0, 0.05) is 17.3 Å². The molecular formula is C15H16ClN3S. The van der Waals surface area contributed by atoms with Crippen molar-refractivity contribution in [2.75, 3.05) is 5.32 Å². The Morgan fingerprint density at radius 2 is 2.05 bits per heavy atom. The first-order valence-corrected chi connectivity index (χ1v) is 7.03. The van der Waals surface area contributed by atoms with Gasteiger partial charge in [0.25, 0.3) is 0 Å². The molecule has 0 spiro atoms. The minimum absolute atomic E-state index is 0.344. The molecule has 1 aromatic heterocycles. The van der Waals surface area contributed by atoms with E-state index in [0.29, 0.717) is 17.4 Å². The summed E-state index contributed by atoms with van der Waals surface area (Å²) in [7, 11) is 0. The first kappa shape index (κ1) is 14.8. The van der Waals surface area contributed by atoms with Gasteiger partial charge in [-0.1, -0.05) is 42.0 Å². The fraction of sp³-hybridized carbons (Fsp3) is 0.200. The number of benzene rings is 1. The summed E-state index contributed by atoms with van der Waals surface area (Å²) in [4.78, 5) is 4.82. The van der Waals surface area contributed by atoms with Crippen LogP contribution in [0.3, 0.4) is 0 Å². The van der Waals surface area contributed by atoms with Crippen molar-refractivity contribution in [3.05, 3.63) is 57.7 Å². The number of anilines is 1. The Labute approximate surface area is 129 Å². The lowest BCUT2D eigenvalue weighted by atomic mass is 10.1. The summed E-state index contributed by atoms with van der Waals surface area (Å²) in [6.45, 7) is 4.49. The normalized spacial score (nSPS) is 10.3. The van der Waals surface area contributed by atoms with Crippen LogP contribution in [0.2, 0.25) is 5.02 Å². The van der Waals surface area contributed by atoms with E-state index in [4.69, 9.17) is 29.6 Å². The molecule has 0 unspecified atom stereocenters. The zero-order valence-electron chi connectivity index (χ0n) is 11.4. The molecule has 0 amide bonds. The highest BCUT2D eigenvalue weighted by Gasteiger charge is 2.11. The van der Waals surface area contributed by atoms with Crippen LogP contribution in [0.15, 0.2) is 30.3 Å². The van der Waals surface area contributed by atoms with Crippen LogP contribution in [-0.2, 0) is 6.54 Å². The molecule has 1 aromatic carbocycles. The first-order valence-electron chi connectivity index (χ1n) is 6.24. The van der Waals surface area contributed by atoms with E-state index in [2.05, 4.69) is 10.3 Å². The van der Waals surface area contributed by atoms with Crippen molar-refractivity contribution >= 4 is 34.6 Å². The summed E-state index contributed by atoms with van der Waals surface area (Å²) in [6, 6.07) is 9.66. The molecule has 0 aliphatic rings. The number of thiocarbonyl (C=S) groups is 1. The summed E-state index contributed by atoms with van der Waals surface area (Å²) in [5.41, 5.74) is 9.52. The highest BCUT2D eigenvalue weighted by Crippen LogP contribution is 2.21. The van der Waals surface area contributed by atoms with E-state index in [1.165, 1.54) is 0 Å². The topological polar surface area (TPSA) is 50.9 Å². The molecule has 5 heteroatoms. The van der Waals surface area contributed by atoms with Gasteiger partial charge in [0.15, 0.2) is 0 Å². The zero-order chi connectivity index (χ0) is 14.7. The number of halogens is 1. The third-order valence-corrected chi connectivity index (χ3v) is 3.57. The molecule has 0 atom stereocenters. The van der Waals surface area contributed by atoms with Crippen LogP contribution in [0.25, 0.3) is 0 Å². The number of hydrogen-bond donors (Lipinski definition) is 2. The lowest BCUT2D eigenvalue weighted by molar-refractivity contribution is 1.08. The van der Waals surface area contributed by atoms with Gasteiger partial charge in [-0.05, 0) is 37.1 Å². The number of nitrogens with zero attached hydrogens (tertiary/aromatic N) is 1. The van der Waals surface area contributed by atoms with Crippen molar-refractivity contribution in [1.29, 1.82) is 0 Å². The van der Waals surface area contributed by atoms with Gasteiger partial charge >= 0.3 is 0 Å². The van der Waals surface area contributed by atoms with E-state index >= 15 is 0 Å². The van der Waals surface area contributed by atoms with Crippen LogP contribution in [0.4, 0.5) is 5.82 Å². The monoisotopic (exact) mass is 305 g/mol. The fourth-order valence-electron chi connectivity index (χ4n) is 2.10. The molecule has 0 saturated carbocycles. The SMILES string of the molecule is Cc1cc(C)c(C(N)=S)c(NCc2ccccc2Cl)n1. The second kappa shape index (κ2) is 6.20. The summed E-state index contributed by atoms with van der Waals surface area (Å²) >= 11 is 11.3. The van der Waals surface area contributed by atoms with Crippen molar-refractivity contribution in [2.24, 2.45) is 5.73 Å². The van der Waals surface area contributed by atoms with Gasteiger partial charge in [0.2, 0.25) is 0 Å². The highest BCUT2D eigenvalue weighted by atomic mass is 35.5. The molecule has 3 nitrogen and oxygen atoms in total. The van der Waals surface area contributed by atoms with E-state index in [0.717, 1.165) is 27.4 Å². The molecule has 2 rings (SSSR count). The lowest BCUT2D eigenvalue weighted by Crippen LogP contribution is -2.16. The lowest BCUT2D eigenvalue weighted by Gasteiger charge is -2.14. The number of pyridine rings is 1. The number of aromatic nitrogens is 1. The van der Waals surface area contributed by atoms with Gasteiger partial charge < -0.3 is 11.1 Å². The molecule has 1 heterocycles. The van der Waals surface area contributed by atoms with E-state index in [-0.39, 0.29) is 0 Å². The van der Waals surface area contributed by atoms with Crippen LogP contribution >= 0.6 is 23.8 Å². The van der Waals surface area contributed by atoms with Gasteiger partial charge in [-0.25, -0.2) is 4.98 Å². The second-order valence-electron chi connectivity index (χ2n) is 4.61. The van der Waals surface area contributed by atoms with E-state index in [9.17, 15) is 0 Å². The number of nitrogens with two attached hydrogens (primary N) is 1. The molecular weight excluding hydrogens is 290 g/mol. The molecule has 0 aliphatic carbocycles. The van der Waals surface area contributed by atoms with E-state index in [1.807, 2.05) is 44.2 Å². The van der Waals surface area contributed by atoms with Crippen LogP contribution in [0.5, 0.6) is 0 Å². The molecule has 0 saturated heterocycles. The van der Waals surface area contributed by atoms with Gasteiger partial charge in [-0.2, -0.15) is 0 Å². The quantitative estimate of drug-likeness (QED) is 0.848. The number of hydrogen-bond acceptors (Lipinski definition) is 3. The molecule has 20 heavy (non-hydrogen) atoms. The molecule has 3 N–H and O–H groups in total. The minimum Gasteiger partial charge on any atom is -0.389 e. The minimum atomic E-state index is 0.344. The summed E-state index contributed by atoms with van der Waals surface area (Å²) < 4.78 is 0. The average molecular weight is 306 g/mol. The number of rotatable bonds is 4. The van der Waals surface area contributed by atoms with Gasteiger partial charge in [0.1, 0.15) is 10.8 Å². The van der Waals surface area contributed by atoms with E-state index < -0.39 is 0 Å². The van der Waals surface area contributed by atoms with E-state index in [1.54, 1.807) is 0 Å². The maximum atomic E-state index is 6.14. The number of nitrogens with one attached hydrogen (secondary N) is 1. The predicted molar refractivity (Wildman–Crippen MR) is 88.4 cm³/mol. The third kappa shape index (κ3) is 3.26. The Morgan fingerprint density at radius 1 is 1.35 bits per heavy atom. The molecule has 104 valence electrons. The van der Waals surface area contributed by atoms with Gasteiger partial charge in [-0.15, -0.1) is 0 Å². The first-order chi connectivity index (χ1) is 9.49. The van der Waals surface area contributed by atoms with Crippen LogP contribution in [0.1, 0.15) is 22.4 Å². The number of aryl methyl sites for hydroxylation is 2. The maximum Gasteiger partial charge on any atom is 0.137 e. The Bertz CT molecular complexity index is 656. The smallest absolute Gasteiger partial charge is 0.137 e. The van der Waals surface area contributed by atoms with Crippen molar-refractivity contribution in [3.8, 4) is 0 Å². The van der Waals surface area contributed by atoms with Crippen LogP contribution < -0.4 is 11.1 Å². The Morgan fingerprint density at radius 3 is 2.70 bits per heavy atom. The average Bonchev–Trinajstić information content (AvgIpc) is 2.36. The summed E-state index contributed by atoms with van der Waals surface area (Å²) in [5.74, 6) is 0.704. The standard InChI is InChI=1S/C15H16ClN3S/c1-9-7-10(2)19-15(13(9)14(17)20)18-8-11-5-3-4-6-12(11)16/h3-7H,8H2,1-2H3,(H2,17,20)(H,18,19).